The maximum atomic E-state index is 13.6. The smallest absolute Gasteiger partial charge is 0.308 e. The van der Waals surface area contributed by atoms with Crippen molar-refractivity contribution < 1.29 is 38.4 Å². The number of rotatable bonds is 11. The second-order valence-electron chi connectivity index (χ2n) is 9.27. The SMILES string of the molecule is CCC(=O)OCOc1cc(-c2oc3cc(O)cc(O)c3c(=O)c2OCc2ccccc2)ccc1OCc1ccccc1. The van der Waals surface area contributed by atoms with Gasteiger partial charge in [0.05, 0.1) is 0 Å². The number of esters is 1. The van der Waals surface area contributed by atoms with Crippen LogP contribution in [0, 0.1) is 0 Å². The Bertz CT molecular complexity index is 1750. The third-order valence-electron chi connectivity index (χ3n) is 6.31. The molecule has 42 heavy (non-hydrogen) atoms. The number of fused-ring (bicyclic) bond motifs is 1. The van der Waals surface area contributed by atoms with Crippen molar-refractivity contribution in [3.05, 3.63) is 112 Å². The summed E-state index contributed by atoms with van der Waals surface area (Å²) in [7, 11) is 0. The fraction of sp³-hybridized carbons (Fsp3) is 0.152. The van der Waals surface area contributed by atoms with E-state index in [0.29, 0.717) is 11.3 Å². The van der Waals surface area contributed by atoms with Crippen molar-refractivity contribution in [2.45, 2.75) is 26.6 Å². The number of carbonyl (C=O) groups excluding carboxylic acids is 1. The highest BCUT2D eigenvalue weighted by molar-refractivity contribution is 5.88. The van der Waals surface area contributed by atoms with Crippen molar-refractivity contribution in [1.29, 1.82) is 0 Å². The number of benzene rings is 4. The first-order valence-corrected chi connectivity index (χ1v) is 13.2. The van der Waals surface area contributed by atoms with Gasteiger partial charge in [-0.25, -0.2) is 0 Å². The van der Waals surface area contributed by atoms with E-state index in [4.69, 9.17) is 23.4 Å². The summed E-state index contributed by atoms with van der Waals surface area (Å²) in [5, 5.41) is 20.4. The molecule has 1 heterocycles. The topological polar surface area (TPSA) is 125 Å². The summed E-state index contributed by atoms with van der Waals surface area (Å²) < 4.78 is 28.9. The molecule has 214 valence electrons. The van der Waals surface area contributed by atoms with Crippen LogP contribution < -0.4 is 19.6 Å². The summed E-state index contributed by atoms with van der Waals surface area (Å²) >= 11 is 0. The first kappa shape index (κ1) is 28.1. The molecule has 0 aliphatic carbocycles. The zero-order valence-electron chi connectivity index (χ0n) is 22.7. The summed E-state index contributed by atoms with van der Waals surface area (Å²) in [5.74, 6) is -0.676. The first-order valence-electron chi connectivity index (χ1n) is 13.2. The molecule has 1 aromatic heterocycles. The van der Waals surface area contributed by atoms with Gasteiger partial charge in [0.2, 0.25) is 18.0 Å². The Kier molecular flexibility index (Phi) is 8.58. The van der Waals surface area contributed by atoms with Crippen LogP contribution in [-0.2, 0) is 22.7 Å². The average molecular weight is 569 g/mol. The quantitative estimate of drug-likeness (QED) is 0.139. The third-order valence-corrected chi connectivity index (χ3v) is 6.31. The fourth-order valence-electron chi connectivity index (χ4n) is 4.20. The monoisotopic (exact) mass is 568 g/mol. The molecular weight excluding hydrogens is 540 g/mol. The molecule has 0 saturated heterocycles. The number of ether oxygens (including phenoxy) is 4. The van der Waals surface area contributed by atoms with Crippen molar-refractivity contribution in [1.82, 2.24) is 0 Å². The van der Waals surface area contributed by atoms with Crippen molar-refractivity contribution in [2.75, 3.05) is 6.79 Å². The predicted molar refractivity (Wildman–Crippen MR) is 155 cm³/mol. The van der Waals surface area contributed by atoms with Crippen LogP contribution in [0.4, 0.5) is 0 Å². The Morgan fingerprint density at radius 3 is 2.12 bits per heavy atom. The molecule has 0 radical (unpaired) electrons. The van der Waals surface area contributed by atoms with E-state index in [2.05, 4.69) is 0 Å². The molecule has 0 amide bonds. The van der Waals surface area contributed by atoms with Crippen LogP contribution in [0.3, 0.4) is 0 Å². The van der Waals surface area contributed by atoms with E-state index in [-0.39, 0.29) is 60.4 Å². The van der Waals surface area contributed by atoms with Gasteiger partial charge in [0, 0.05) is 24.1 Å². The second kappa shape index (κ2) is 12.8. The van der Waals surface area contributed by atoms with Crippen LogP contribution in [0.5, 0.6) is 28.7 Å². The molecule has 0 fully saturated rings. The van der Waals surface area contributed by atoms with Crippen LogP contribution in [0.25, 0.3) is 22.3 Å². The highest BCUT2D eigenvalue weighted by Crippen LogP contribution is 2.39. The fourth-order valence-corrected chi connectivity index (χ4v) is 4.20. The van der Waals surface area contributed by atoms with E-state index in [9.17, 15) is 19.8 Å². The lowest BCUT2D eigenvalue weighted by Crippen LogP contribution is -2.11. The molecule has 0 spiro atoms. The largest absolute Gasteiger partial charge is 0.508 e. The number of hydrogen-bond donors (Lipinski definition) is 2. The molecular formula is C33H28O9. The van der Waals surface area contributed by atoms with Crippen molar-refractivity contribution >= 4 is 16.9 Å². The molecule has 0 unspecified atom stereocenters. The van der Waals surface area contributed by atoms with E-state index in [1.165, 1.54) is 6.07 Å². The first-order chi connectivity index (χ1) is 20.4. The Hall–Kier alpha value is -5.44. The zero-order valence-corrected chi connectivity index (χ0v) is 22.7. The zero-order chi connectivity index (χ0) is 29.5. The van der Waals surface area contributed by atoms with Gasteiger partial charge in [-0.3, -0.25) is 9.59 Å². The third kappa shape index (κ3) is 6.47. The Morgan fingerprint density at radius 1 is 0.786 bits per heavy atom. The summed E-state index contributed by atoms with van der Waals surface area (Å²) in [6, 6.07) is 26.0. The summed E-state index contributed by atoms with van der Waals surface area (Å²) in [5.41, 5.74) is 1.46. The van der Waals surface area contributed by atoms with Gasteiger partial charge in [-0.1, -0.05) is 67.6 Å². The lowest BCUT2D eigenvalue weighted by atomic mass is 10.1. The second-order valence-corrected chi connectivity index (χ2v) is 9.27. The molecule has 0 bridgehead atoms. The summed E-state index contributed by atoms with van der Waals surface area (Å²) in [6.07, 6.45) is 0.185. The van der Waals surface area contributed by atoms with E-state index in [1.54, 1.807) is 25.1 Å². The Labute approximate surface area is 241 Å². The van der Waals surface area contributed by atoms with Crippen molar-refractivity contribution in [2.24, 2.45) is 0 Å². The van der Waals surface area contributed by atoms with E-state index in [0.717, 1.165) is 17.2 Å². The van der Waals surface area contributed by atoms with Gasteiger partial charge in [-0.15, -0.1) is 0 Å². The minimum Gasteiger partial charge on any atom is -0.508 e. The minimum atomic E-state index is -0.622. The number of phenols is 2. The van der Waals surface area contributed by atoms with E-state index >= 15 is 0 Å². The normalized spacial score (nSPS) is 10.8. The van der Waals surface area contributed by atoms with Gasteiger partial charge in [0.25, 0.3) is 0 Å². The molecule has 0 saturated carbocycles. The Morgan fingerprint density at radius 2 is 1.45 bits per heavy atom. The van der Waals surface area contributed by atoms with Gasteiger partial charge < -0.3 is 33.6 Å². The molecule has 0 aliphatic heterocycles. The molecule has 9 heteroatoms. The summed E-state index contributed by atoms with van der Waals surface area (Å²) in [6.45, 7) is 1.61. The average Bonchev–Trinajstić information content (AvgIpc) is 3.00. The van der Waals surface area contributed by atoms with Crippen LogP contribution in [-0.4, -0.2) is 23.0 Å². The van der Waals surface area contributed by atoms with Crippen LogP contribution in [0.15, 0.2) is 100 Å². The van der Waals surface area contributed by atoms with Crippen molar-refractivity contribution in [3.8, 4) is 40.1 Å². The summed E-state index contributed by atoms with van der Waals surface area (Å²) in [4.78, 5) is 25.3. The van der Waals surface area contributed by atoms with Crippen LogP contribution in [0.2, 0.25) is 0 Å². The highest BCUT2D eigenvalue weighted by Gasteiger charge is 2.22. The lowest BCUT2D eigenvalue weighted by Gasteiger charge is -2.16. The van der Waals surface area contributed by atoms with Gasteiger partial charge >= 0.3 is 5.97 Å². The van der Waals surface area contributed by atoms with Crippen molar-refractivity contribution in [3.63, 3.8) is 0 Å². The maximum absolute atomic E-state index is 13.6. The molecule has 0 aliphatic rings. The number of aromatic hydroxyl groups is 2. The minimum absolute atomic E-state index is 0.0386. The van der Waals surface area contributed by atoms with Gasteiger partial charge in [0.15, 0.2) is 17.3 Å². The maximum Gasteiger partial charge on any atom is 0.308 e. The molecule has 9 nitrogen and oxygen atoms in total. The standard InChI is InChI=1S/C33H28O9/c1-2-29(36)41-20-40-27-15-23(13-14-26(27)38-18-21-9-5-3-6-10-21)32-33(39-19-22-11-7-4-8-12-22)31(37)30-25(35)16-24(34)17-28(30)42-32/h3-17,34-35H,2,18-20H2,1H3. The van der Waals surface area contributed by atoms with E-state index < -0.39 is 17.1 Å². The van der Waals surface area contributed by atoms with Gasteiger partial charge in [-0.2, -0.15) is 0 Å². The molecule has 5 rings (SSSR count). The Balaban J connectivity index is 1.57. The molecule has 0 atom stereocenters. The molecule has 4 aromatic carbocycles. The van der Waals surface area contributed by atoms with Crippen LogP contribution >= 0.6 is 0 Å². The highest BCUT2D eigenvalue weighted by atomic mass is 16.7. The lowest BCUT2D eigenvalue weighted by molar-refractivity contribution is -0.149. The predicted octanol–water partition coefficient (Wildman–Crippen LogP) is 6.32. The van der Waals surface area contributed by atoms with Crippen LogP contribution in [0.1, 0.15) is 24.5 Å². The van der Waals surface area contributed by atoms with Gasteiger partial charge in [-0.05, 0) is 29.3 Å². The molecule has 2 N–H and O–H groups in total. The van der Waals surface area contributed by atoms with E-state index in [1.807, 2.05) is 60.7 Å². The molecule has 5 aromatic rings. The number of hydrogen-bond acceptors (Lipinski definition) is 9. The van der Waals surface area contributed by atoms with Gasteiger partial charge in [0.1, 0.15) is 35.7 Å². The number of phenolic OH excluding ortho intramolecular Hbond substituents is 2. The number of carbonyl (C=O) groups is 1.